The molecule has 1 heterocycles. The van der Waals surface area contributed by atoms with Crippen LogP contribution in [0.2, 0.25) is 5.02 Å². The van der Waals surface area contributed by atoms with Gasteiger partial charge in [0.1, 0.15) is 5.82 Å². The Labute approximate surface area is 128 Å². The summed E-state index contributed by atoms with van der Waals surface area (Å²) in [6.07, 6.45) is 0.985. The molecule has 1 unspecified atom stereocenters. The Bertz CT molecular complexity index is 615. The van der Waals surface area contributed by atoms with Crippen molar-refractivity contribution < 1.29 is 4.79 Å². The van der Waals surface area contributed by atoms with E-state index in [1.54, 1.807) is 36.4 Å². The zero-order valence-corrected chi connectivity index (χ0v) is 12.7. The van der Waals surface area contributed by atoms with Crippen LogP contribution in [0.15, 0.2) is 36.4 Å². The average molecular weight is 305 g/mol. The smallest absolute Gasteiger partial charge is 0.276 e. The van der Waals surface area contributed by atoms with Gasteiger partial charge in [-0.25, -0.2) is 0 Å². The fourth-order valence-corrected chi connectivity index (χ4v) is 1.84. The fraction of sp³-hybridized carbons (Fsp3) is 0.267. The third kappa shape index (κ3) is 4.43. The second kappa shape index (κ2) is 7.04. The Hall–Kier alpha value is -2.14. The number of aromatic nitrogens is 2. The maximum atomic E-state index is 12.0. The zero-order chi connectivity index (χ0) is 15.2. The number of carbonyl (C=O) groups excluding carboxylic acids is 1. The van der Waals surface area contributed by atoms with E-state index in [1.165, 1.54) is 0 Å². The molecule has 0 bridgehead atoms. The summed E-state index contributed by atoms with van der Waals surface area (Å²) in [6.45, 7) is 4.14. The van der Waals surface area contributed by atoms with Crippen LogP contribution in [0.3, 0.4) is 0 Å². The quantitative estimate of drug-likeness (QED) is 0.886. The van der Waals surface area contributed by atoms with E-state index in [9.17, 15) is 4.79 Å². The number of hydrogen-bond acceptors (Lipinski definition) is 4. The lowest BCUT2D eigenvalue weighted by Gasteiger charge is -2.11. The van der Waals surface area contributed by atoms with Crippen LogP contribution in [0.4, 0.5) is 11.5 Å². The molecule has 5 nitrogen and oxygen atoms in total. The number of benzene rings is 1. The predicted molar refractivity (Wildman–Crippen MR) is 84.8 cm³/mol. The van der Waals surface area contributed by atoms with Gasteiger partial charge in [-0.1, -0.05) is 24.6 Å². The number of hydrogen-bond donors (Lipinski definition) is 2. The van der Waals surface area contributed by atoms with Crippen molar-refractivity contribution in [2.24, 2.45) is 0 Å². The molecular formula is C15H17ClN4O. The highest BCUT2D eigenvalue weighted by atomic mass is 35.5. The van der Waals surface area contributed by atoms with E-state index in [0.29, 0.717) is 22.6 Å². The minimum Gasteiger partial charge on any atom is -0.366 e. The molecule has 2 N–H and O–H groups in total. The molecule has 6 heteroatoms. The Kier molecular flexibility index (Phi) is 5.11. The maximum Gasteiger partial charge on any atom is 0.276 e. The number of rotatable bonds is 5. The summed E-state index contributed by atoms with van der Waals surface area (Å²) in [6, 6.07) is 10.6. The standard InChI is InChI=1S/C15H17ClN4O/c1-3-10(2)17-14-8-7-13(19-20-14)15(21)18-12-6-4-5-11(16)9-12/h4-10H,3H2,1-2H3,(H,17,20)(H,18,21). The van der Waals surface area contributed by atoms with Gasteiger partial charge in [0.2, 0.25) is 0 Å². The summed E-state index contributed by atoms with van der Waals surface area (Å²) in [4.78, 5) is 12.0. The molecule has 1 aromatic carbocycles. The molecule has 0 fully saturated rings. The first-order chi connectivity index (χ1) is 10.1. The molecule has 0 saturated carbocycles. The average Bonchev–Trinajstić information content (AvgIpc) is 2.47. The molecular weight excluding hydrogens is 288 g/mol. The minimum atomic E-state index is -0.320. The Balaban J connectivity index is 2.03. The summed E-state index contributed by atoms with van der Waals surface area (Å²) in [7, 11) is 0. The topological polar surface area (TPSA) is 66.9 Å². The normalized spacial score (nSPS) is 11.8. The number of amides is 1. The maximum absolute atomic E-state index is 12.0. The van der Waals surface area contributed by atoms with Gasteiger partial charge in [-0.2, -0.15) is 0 Å². The van der Waals surface area contributed by atoms with Crippen LogP contribution in [0.25, 0.3) is 0 Å². The highest BCUT2D eigenvalue weighted by Gasteiger charge is 2.09. The summed E-state index contributed by atoms with van der Waals surface area (Å²) >= 11 is 5.87. The lowest BCUT2D eigenvalue weighted by Crippen LogP contribution is -2.17. The van der Waals surface area contributed by atoms with Gasteiger partial charge in [-0.3, -0.25) is 4.79 Å². The van der Waals surface area contributed by atoms with Crippen molar-refractivity contribution in [3.05, 3.63) is 47.1 Å². The Morgan fingerprint density at radius 2 is 2.10 bits per heavy atom. The van der Waals surface area contributed by atoms with Crippen molar-refractivity contribution in [2.75, 3.05) is 10.6 Å². The van der Waals surface area contributed by atoms with Crippen molar-refractivity contribution in [1.29, 1.82) is 0 Å². The number of nitrogens with one attached hydrogen (secondary N) is 2. The molecule has 1 amide bonds. The first-order valence-electron chi connectivity index (χ1n) is 6.75. The van der Waals surface area contributed by atoms with E-state index in [1.807, 2.05) is 0 Å². The molecule has 0 radical (unpaired) electrons. The van der Waals surface area contributed by atoms with Gasteiger partial charge in [0.05, 0.1) is 0 Å². The number of halogens is 1. The molecule has 110 valence electrons. The number of anilines is 2. The van der Waals surface area contributed by atoms with E-state index in [0.717, 1.165) is 6.42 Å². The number of nitrogens with zero attached hydrogens (tertiary/aromatic N) is 2. The van der Waals surface area contributed by atoms with E-state index in [4.69, 9.17) is 11.6 Å². The van der Waals surface area contributed by atoms with Gasteiger partial charge in [0.15, 0.2) is 5.69 Å². The summed E-state index contributed by atoms with van der Waals surface area (Å²) in [5.41, 5.74) is 0.876. The van der Waals surface area contributed by atoms with Crippen molar-refractivity contribution in [3.8, 4) is 0 Å². The van der Waals surface area contributed by atoms with Gasteiger partial charge >= 0.3 is 0 Å². The Morgan fingerprint density at radius 3 is 2.71 bits per heavy atom. The van der Waals surface area contributed by atoms with Crippen LogP contribution in [0, 0.1) is 0 Å². The third-order valence-corrected chi connectivity index (χ3v) is 3.22. The summed E-state index contributed by atoms with van der Waals surface area (Å²) < 4.78 is 0. The van der Waals surface area contributed by atoms with Crippen LogP contribution in [-0.4, -0.2) is 22.1 Å². The van der Waals surface area contributed by atoms with Crippen LogP contribution in [-0.2, 0) is 0 Å². The van der Waals surface area contributed by atoms with Crippen molar-refractivity contribution in [1.82, 2.24) is 10.2 Å². The van der Waals surface area contributed by atoms with Crippen molar-refractivity contribution in [3.63, 3.8) is 0 Å². The monoisotopic (exact) mass is 304 g/mol. The van der Waals surface area contributed by atoms with E-state index >= 15 is 0 Å². The lowest BCUT2D eigenvalue weighted by molar-refractivity contribution is 0.102. The predicted octanol–water partition coefficient (Wildman–Crippen LogP) is 3.59. The van der Waals surface area contributed by atoms with Gasteiger partial charge in [-0.05, 0) is 43.7 Å². The molecule has 0 spiro atoms. The van der Waals surface area contributed by atoms with Crippen LogP contribution >= 0.6 is 11.6 Å². The van der Waals surface area contributed by atoms with Gasteiger partial charge in [0.25, 0.3) is 5.91 Å². The zero-order valence-electron chi connectivity index (χ0n) is 11.9. The molecule has 0 saturated heterocycles. The summed E-state index contributed by atoms with van der Waals surface area (Å²) in [5, 5.41) is 14.4. The molecule has 0 aliphatic heterocycles. The number of carbonyl (C=O) groups is 1. The molecule has 21 heavy (non-hydrogen) atoms. The fourth-order valence-electron chi connectivity index (χ4n) is 1.65. The lowest BCUT2D eigenvalue weighted by atomic mass is 10.2. The largest absolute Gasteiger partial charge is 0.366 e. The highest BCUT2D eigenvalue weighted by molar-refractivity contribution is 6.30. The first-order valence-corrected chi connectivity index (χ1v) is 7.13. The first kappa shape index (κ1) is 15.3. The van der Waals surface area contributed by atoms with Crippen molar-refractivity contribution >= 4 is 29.0 Å². The van der Waals surface area contributed by atoms with Gasteiger partial charge in [0, 0.05) is 16.8 Å². The highest BCUT2D eigenvalue weighted by Crippen LogP contribution is 2.15. The van der Waals surface area contributed by atoms with Crippen LogP contribution in [0.1, 0.15) is 30.8 Å². The van der Waals surface area contributed by atoms with E-state index in [2.05, 4.69) is 34.7 Å². The Morgan fingerprint density at radius 1 is 1.29 bits per heavy atom. The summed E-state index contributed by atoms with van der Waals surface area (Å²) in [5.74, 6) is 0.337. The van der Waals surface area contributed by atoms with Gasteiger partial charge in [-0.15, -0.1) is 10.2 Å². The van der Waals surface area contributed by atoms with Crippen LogP contribution in [0.5, 0.6) is 0 Å². The van der Waals surface area contributed by atoms with Crippen molar-refractivity contribution in [2.45, 2.75) is 26.3 Å². The molecule has 2 aromatic rings. The molecule has 1 aromatic heterocycles. The van der Waals surface area contributed by atoms with E-state index in [-0.39, 0.29) is 11.6 Å². The van der Waals surface area contributed by atoms with Gasteiger partial charge < -0.3 is 10.6 Å². The SMILES string of the molecule is CCC(C)Nc1ccc(C(=O)Nc2cccc(Cl)c2)nn1. The molecule has 2 rings (SSSR count). The van der Waals surface area contributed by atoms with Crippen LogP contribution < -0.4 is 10.6 Å². The third-order valence-electron chi connectivity index (χ3n) is 2.99. The minimum absolute atomic E-state index is 0.254. The van der Waals surface area contributed by atoms with E-state index < -0.39 is 0 Å². The molecule has 1 atom stereocenters. The molecule has 0 aliphatic rings. The molecule has 0 aliphatic carbocycles. The second-order valence-corrected chi connectivity index (χ2v) is 5.16. The second-order valence-electron chi connectivity index (χ2n) is 4.72.